The molecule has 29 heavy (non-hydrogen) atoms. The van der Waals surface area contributed by atoms with E-state index in [1.54, 1.807) is 7.11 Å². The first-order valence-corrected chi connectivity index (χ1v) is 10.3. The molecule has 0 saturated heterocycles. The van der Waals surface area contributed by atoms with Crippen LogP contribution in [0.5, 0.6) is 11.5 Å². The topological polar surface area (TPSA) is 85.9 Å². The molecule has 1 rings (SSSR count). The summed E-state index contributed by atoms with van der Waals surface area (Å²) in [7, 11) is 1.60. The Morgan fingerprint density at radius 3 is 2.55 bits per heavy atom. The number of rotatable bonds is 12. The largest absolute Gasteiger partial charge is 0.493 e. The molecule has 1 aromatic rings. The van der Waals surface area contributed by atoms with Gasteiger partial charge in [-0.1, -0.05) is 26.8 Å². The van der Waals surface area contributed by atoms with Crippen LogP contribution in [-0.4, -0.2) is 37.3 Å². The van der Waals surface area contributed by atoms with Gasteiger partial charge in [-0.15, -0.1) is 0 Å². The van der Waals surface area contributed by atoms with Crippen molar-refractivity contribution in [1.82, 2.24) is 10.6 Å². The Hall–Kier alpha value is -2.35. The fourth-order valence-electron chi connectivity index (χ4n) is 2.27. The molecule has 0 atom stereocenters. The number of esters is 1. The summed E-state index contributed by atoms with van der Waals surface area (Å²) in [5.41, 5.74) is 0.929. The molecule has 162 valence electrons. The highest BCUT2D eigenvalue weighted by molar-refractivity contribution is 7.80. The Labute approximate surface area is 178 Å². The van der Waals surface area contributed by atoms with E-state index in [1.807, 2.05) is 25.1 Å². The predicted molar refractivity (Wildman–Crippen MR) is 116 cm³/mol. The molecule has 0 saturated carbocycles. The Kier molecular flexibility index (Phi) is 11.7. The molecule has 0 aliphatic heterocycles. The monoisotopic (exact) mass is 424 g/mol. The summed E-state index contributed by atoms with van der Waals surface area (Å²) in [6.07, 6.45) is 1.78. The van der Waals surface area contributed by atoms with Crippen molar-refractivity contribution >= 4 is 29.2 Å². The fourth-order valence-corrected chi connectivity index (χ4v) is 2.45. The zero-order chi connectivity index (χ0) is 21.6. The number of hydrogen-bond acceptors (Lipinski definition) is 6. The van der Waals surface area contributed by atoms with E-state index < -0.39 is 0 Å². The third-order valence-corrected chi connectivity index (χ3v) is 4.16. The van der Waals surface area contributed by atoms with Gasteiger partial charge in [-0.05, 0) is 48.7 Å². The third-order valence-electron chi connectivity index (χ3n) is 3.91. The van der Waals surface area contributed by atoms with Crippen LogP contribution in [0, 0.1) is 5.92 Å². The van der Waals surface area contributed by atoms with Gasteiger partial charge in [0.1, 0.15) is 0 Å². The average Bonchev–Trinajstić information content (AvgIpc) is 2.69. The zero-order valence-electron chi connectivity index (χ0n) is 17.7. The minimum absolute atomic E-state index is 0.0284. The van der Waals surface area contributed by atoms with Gasteiger partial charge >= 0.3 is 5.97 Å². The van der Waals surface area contributed by atoms with Crippen molar-refractivity contribution in [3.05, 3.63) is 23.8 Å². The minimum atomic E-state index is -0.385. The SMILES string of the molecule is CCCOC(=O)CCC(=O)NC(=S)NCc1ccc(OCCC(C)C)c(OC)c1. The van der Waals surface area contributed by atoms with Crippen molar-refractivity contribution in [1.29, 1.82) is 0 Å². The Balaban J connectivity index is 2.42. The number of amides is 1. The van der Waals surface area contributed by atoms with Gasteiger partial charge in [0.25, 0.3) is 0 Å². The van der Waals surface area contributed by atoms with Crippen LogP contribution in [0.15, 0.2) is 18.2 Å². The van der Waals surface area contributed by atoms with Crippen LogP contribution >= 0.6 is 12.2 Å². The van der Waals surface area contributed by atoms with E-state index in [1.165, 1.54) is 0 Å². The number of thiocarbonyl (C=S) groups is 1. The van der Waals surface area contributed by atoms with Gasteiger partial charge in [-0.25, -0.2) is 0 Å². The van der Waals surface area contributed by atoms with E-state index in [4.69, 9.17) is 26.4 Å². The van der Waals surface area contributed by atoms with Crippen LogP contribution < -0.4 is 20.1 Å². The lowest BCUT2D eigenvalue weighted by Gasteiger charge is -2.14. The lowest BCUT2D eigenvalue weighted by Crippen LogP contribution is -2.39. The number of methoxy groups -OCH3 is 1. The maximum absolute atomic E-state index is 11.9. The van der Waals surface area contributed by atoms with Crippen molar-refractivity contribution in [2.45, 2.75) is 53.0 Å². The second-order valence-corrected chi connectivity index (χ2v) is 7.38. The highest BCUT2D eigenvalue weighted by Gasteiger charge is 2.10. The third kappa shape index (κ3) is 10.7. The van der Waals surface area contributed by atoms with Crippen LogP contribution in [0.25, 0.3) is 0 Å². The molecular weight excluding hydrogens is 392 g/mol. The molecule has 0 aliphatic carbocycles. The van der Waals surface area contributed by atoms with Crippen LogP contribution in [0.1, 0.15) is 52.0 Å². The Morgan fingerprint density at radius 1 is 1.14 bits per heavy atom. The summed E-state index contributed by atoms with van der Waals surface area (Å²) in [6.45, 7) is 7.62. The Morgan fingerprint density at radius 2 is 1.90 bits per heavy atom. The summed E-state index contributed by atoms with van der Waals surface area (Å²) in [5.74, 6) is 1.20. The fraction of sp³-hybridized carbons (Fsp3) is 0.571. The first kappa shape index (κ1) is 24.7. The molecule has 0 aromatic heterocycles. The molecule has 0 unspecified atom stereocenters. The first-order chi connectivity index (χ1) is 13.8. The number of carbonyl (C=O) groups is 2. The van der Waals surface area contributed by atoms with Crippen LogP contribution in [0.2, 0.25) is 0 Å². The van der Waals surface area contributed by atoms with Gasteiger partial charge in [-0.3, -0.25) is 9.59 Å². The Bertz CT molecular complexity index is 679. The van der Waals surface area contributed by atoms with Crippen molar-refractivity contribution in [3.63, 3.8) is 0 Å². The van der Waals surface area contributed by atoms with Crippen LogP contribution in [0.4, 0.5) is 0 Å². The van der Waals surface area contributed by atoms with Crippen molar-refractivity contribution < 1.29 is 23.8 Å². The van der Waals surface area contributed by atoms with E-state index in [0.717, 1.165) is 18.4 Å². The average molecular weight is 425 g/mol. The van der Waals surface area contributed by atoms with Crippen LogP contribution in [-0.2, 0) is 20.9 Å². The molecular formula is C21H32N2O5S. The van der Waals surface area contributed by atoms with Gasteiger partial charge in [0, 0.05) is 13.0 Å². The predicted octanol–water partition coefficient (Wildman–Crippen LogP) is 3.34. The van der Waals surface area contributed by atoms with Crippen molar-refractivity contribution in [2.75, 3.05) is 20.3 Å². The molecule has 1 amide bonds. The molecule has 7 nitrogen and oxygen atoms in total. The lowest BCUT2D eigenvalue weighted by atomic mass is 10.1. The van der Waals surface area contributed by atoms with Gasteiger partial charge in [-0.2, -0.15) is 0 Å². The molecule has 2 N–H and O–H groups in total. The number of nitrogens with one attached hydrogen (secondary N) is 2. The normalized spacial score (nSPS) is 10.4. The summed E-state index contributed by atoms with van der Waals surface area (Å²) in [5, 5.41) is 5.73. The second-order valence-electron chi connectivity index (χ2n) is 6.97. The lowest BCUT2D eigenvalue weighted by molar-refractivity contribution is -0.144. The summed E-state index contributed by atoms with van der Waals surface area (Å²) < 4.78 is 16.1. The molecule has 8 heteroatoms. The highest BCUT2D eigenvalue weighted by atomic mass is 32.1. The maximum atomic E-state index is 11.9. The molecule has 1 aromatic carbocycles. The molecule has 0 bridgehead atoms. The van der Waals surface area contributed by atoms with Gasteiger partial charge in [0.15, 0.2) is 16.6 Å². The highest BCUT2D eigenvalue weighted by Crippen LogP contribution is 2.28. The van der Waals surface area contributed by atoms with Crippen molar-refractivity contribution in [2.24, 2.45) is 5.92 Å². The molecule has 0 spiro atoms. The van der Waals surface area contributed by atoms with E-state index in [0.29, 0.717) is 37.2 Å². The standard InChI is InChI=1S/C21H32N2O5S/c1-5-11-28-20(25)9-8-19(24)23-21(29)22-14-16-6-7-17(18(13-16)26-4)27-12-10-15(2)3/h6-7,13,15H,5,8-12,14H2,1-4H3,(H2,22,23,24,29). The quantitative estimate of drug-likeness (QED) is 0.393. The number of carbonyl (C=O) groups excluding carboxylic acids is 2. The van der Waals surface area contributed by atoms with E-state index in [9.17, 15) is 9.59 Å². The van der Waals surface area contributed by atoms with Crippen molar-refractivity contribution in [3.8, 4) is 11.5 Å². The maximum Gasteiger partial charge on any atom is 0.306 e. The smallest absolute Gasteiger partial charge is 0.306 e. The minimum Gasteiger partial charge on any atom is -0.493 e. The first-order valence-electron chi connectivity index (χ1n) is 9.88. The number of ether oxygens (including phenoxy) is 3. The second kappa shape index (κ2) is 13.8. The van der Waals surface area contributed by atoms with E-state index in [2.05, 4.69) is 24.5 Å². The van der Waals surface area contributed by atoms with Gasteiger partial charge in [0.05, 0.1) is 26.7 Å². The number of benzene rings is 1. The molecule has 0 heterocycles. The van der Waals surface area contributed by atoms with Crippen LogP contribution in [0.3, 0.4) is 0 Å². The van der Waals surface area contributed by atoms with Gasteiger partial charge in [0.2, 0.25) is 5.91 Å². The molecule has 0 fully saturated rings. The van der Waals surface area contributed by atoms with E-state index >= 15 is 0 Å². The summed E-state index contributed by atoms with van der Waals surface area (Å²) in [6, 6.07) is 5.64. The molecule has 0 radical (unpaired) electrons. The zero-order valence-corrected chi connectivity index (χ0v) is 18.5. The summed E-state index contributed by atoms with van der Waals surface area (Å²) in [4.78, 5) is 23.3. The van der Waals surface area contributed by atoms with E-state index in [-0.39, 0.29) is 29.8 Å². The summed E-state index contributed by atoms with van der Waals surface area (Å²) >= 11 is 5.13. The van der Waals surface area contributed by atoms with Gasteiger partial charge < -0.3 is 24.8 Å². The molecule has 0 aliphatic rings. The number of hydrogen-bond donors (Lipinski definition) is 2.